The molecular weight excluding hydrogens is 413 g/mol. The lowest BCUT2D eigenvalue weighted by molar-refractivity contribution is 0.318. The van der Waals surface area contributed by atoms with Crippen LogP contribution in [0.25, 0.3) is 33.2 Å². The Kier molecular flexibility index (Phi) is 6.14. The number of rotatable bonds is 6. The van der Waals surface area contributed by atoms with Gasteiger partial charge < -0.3 is 9.47 Å². The molecule has 154 valence electrons. The molecule has 4 rings (SSSR count). The zero-order chi connectivity index (χ0) is 21.3. The van der Waals surface area contributed by atoms with Crippen LogP contribution in [0.3, 0.4) is 0 Å². The normalized spacial score (nSPS) is 12.6. The molecule has 2 heterocycles. The summed E-state index contributed by atoms with van der Waals surface area (Å²) >= 11 is 12.4. The molecule has 0 aliphatic carbocycles. The molecule has 4 aromatic rings. The van der Waals surface area contributed by atoms with Gasteiger partial charge in [-0.2, -0.15) is 0 Å². The van der Waals surface area contributed by atoms with Gasteiger partial charge in [0.2, 0.25) is 0 Å². The van der Waals surface area contributed by atoms with Crippen LogP contribution in [0.1, 0.15) is 6.92 Å². The van der Waals surface area contributed by atoms with Crippen LogP contribution in [-0.2, 0) is 6.54 Å². The second-order valence-corrected chi connectivity index (χ2v) is 9.07. The third-order valence-corrected chi connectivity index (χ3v) is 5.74. The summed E-state index contributed by atoms with van der Waals surface area (Å²) < 4.78 is 2.32. The zero-order valence-corrected chi connectivity index (χ0v) is 19.0. The minimum absolute atomic E-state index is 0.515. The molecule has 0 saturated heterocycles. The first kappa shape index (κ1) is 20.9. The van der Waals surface area contributed by atoms with E-state index in [0.29, 0.717) is 5.92 Å². The lowest BCUT2D eigenvalue weighted by Gasteiger charge is -2.18. The number of fused-ring (bicyclic) bond motifs is 1. The molecule has 1 unspecified atom stereocenters. The van der Waals surface area contributed by atoms with Gasteiger partial charge in [-0.15, -0.1) is 0 Å². The maximum absolute atomic E-state index is 6.34. The molecule has 2 aromatic heterocycles. The Morgan fingerprint density at radius 3 is 2.33 bits per heavy atom. The van der Waals surface area contributed by atoms with Gasteiger partial charge in [-0.3, -0.25) is 4.98 Å². The summed E-state index contributed by atoms with van der Waals surface area (Å²) in [6.45, 7) is 4.24. The van der Waals surface area contributed by atoms with E-state index >= 15 is 0 Å². The Balaban J connectivity index is 1.77. The Bertz CT molecular complexity index is 1160. The monoisotopic (exact) mass is 437 g/mol. The highest BCUT2D eigenvalue weighted by molar-refractivity contribution is 6.31. The van der Waals surface area contributed by atoms with Gasteiger partial charge >= 0.3 is 0 Å². The standard InChI is InChI=1S/C25H25Cl2N3/c1-17(14-29(2)3)15-30-16-24(23-9-8-22(27)11-25(23)30)20-10-19(12-28-13-20)18-4-6-21(26)7-5-18/h4-13,16-17H,14-15H2,1-3H3. The van der Waals surface area contributed by atoms with Crippen molar-refractivity contribution in [2.24, 2.45) is 5.92 Å². The van der Waals surface area contributed by atoms with Gasteiger partial charge in [0.1, 0.15) is 0 Å². The summed E-state index contributed by atoms with van der Waals surface area (Å²) in [5.74, 6) is 0.515. The quantitative estimate of drug-likeness (QED) is 0.327. The molecule has 0 aliphatic rings. The molecule has 0 fully saturated rings. The number of pyridine rings is 1. The summed E-state index contributed by atoms with van der Waals surface area (Å²) in [5.41, 5.74) is 5.58. The van der Waals surface area contributed by atoms with Gasteiger partial charge in [0, 0.05) is 63.8 Å². The first-order chi connectivity index (χ1) is 14.4. The number of nitrogens with zero attached hydrogens (tertiary/aromatic N) is 3. The van der Waals surface area contributed by atoms with E-state index in [9.17, 15) is 0 Å². The van der Waals surface area contributed by atoms with Crippen molar-refractivity contribution < 1.29 is 0 Å². The van der Waals surface area contributed by atoms with Gasteiger partial charge in [-0.25, -0.2) is 0 Å². The van der Waals surface area contributed by atoms with Crippen LogP contribution in [-0.4, -0.2) is 35.1 Å². The van der Waals surface area contributed by atoms with Crippen molar-refractivity contribution in [2.75, 3.05) is 20.6 Å². The Morgan fingerprint density at radius 1 is 0.900 bits per heavy atom. The fraction of sp³-hybridized carbons (Fsp3) is 0.240. The van der Waals surface area contributed by atoms with Gasteiger partial charge in [-0.1, -0.05) is 48.3 Å². The van der Waals surface area contributed by atoms with Gasteiger partial charge in [-0.05, 0) is 55.9 Å². The third-order valence-electron chi connectivity index (χ3n) is 5.26. The molecule has 0 N–H and O–H groups in total. The molecule has 3 nitrogen and oxygen atoms in total. The maximum Gasteiger partial charge on any atom is 0.0501 e. The zero-order valence-electron chi connectivity index (χ0n) is 17.4. The van der Waals surface area contributed by atoms with Crippen LogP contribution in [0.15, 0.2) is 67.1 Å². The van der Waals surface area contributed by atoms with E-state index in [4.69, 9.17) is 23.2 Å². The van der Waals surface area contributed by atoms with Crippen LogP contribution in [0, 0.1) is 5.92 Å². The number of benzene rings is 2. The van der Waals surface area contributed by atoms with Crippen molar-refractivity contribution in [3.8, 4) is 22.3 Å². The Morgan fingerprint density at radius 2 is 1.60 bits per heavy atom. The fourth-order valence-corrected chi connectivity index (χ4v) is 4.34. The summed E-state index contributed by atoms with van der Waals surface area (Å²) in [6, 6.07) is 16.2. The van der Waals surface area contributed by atoms with E-state index in [1.54, 1.807) is 0 Å². The van der Waals surface area contributed by atoms with E-state index in [1.807, 2.05) is 42.7 Å². The number of halogens is 2. The average Bonchev–Trinajstić information content (AvgIpc) is 3.05. The van der Waals surface area contributed by atoms with Crippen LogP contribution >= 0.6 is 23.2 Å². The Hall–Kier alpha value is -2.33. The lowest BCUT2D eigenvalue weighted by atomic mass is 10.0. The molecule has 0 aliphatic heterocycles. The van der Waals surface area contributed by atoms with Gasteiger partial charge in [0.05, 0.1) is 5.52 Å². The molecule has 2 aromatic carbocycles. The highest BCUT2D eigenvalue weighted by Crippen LogP contribution is 2.34. The molecule has 30 heavy (non-hydrogen) atoms. The van der Waals surface area contributed by atoms with Gasteiger partial charge in [0.15, 0.2) is 0 Å². The van der Waals surface area contributed by atoms with Gasteiger partial charge in [0.25, 0.3) is 0 Å². The molecule has 0 bridgehead atoms. The summed E-state index contributed by atoms with van der Waals surface area (Å²) in [4.78, 5) is 6.74. The fourth-order valence-electron chi connectivity index (χ4n) is 4.05. The second-order valence-electron chi connectivity index (χ2n) is 8.19. The van der Waals surface area contributed by atoms with Crippen molar-refractivity contribution in [1.82, 2.24) is 14.5 Å². The van der Waals surface area contributed by atoms with Crippen LogP contribution < -0.4 is 0 Å². The van der Waals surface area contributed by atoms with E-state index in [0.717, 1.165) is 45.3 Å². The molecule has 0 saturated carbocycles. The predicted molar refractivity (Wildman–Crippen MR) is 128 cm³/mol. The maximum atomic E-state index is 6.34. The van der Waals surface area contributed by atoms with Crippen molar-refractivity contribution in [3.05, 3.63) is 77.2 Å². The third kappa shape index (κ3) is 4.54. The largest absolute Gasteiger partial charge is 0.346 e. The predicted octanol–water partition coefficient (Wildman–Crippen LogP) is 6.87. The van der Waals surface area contributed by atoms with Crippen molar-refractivity contribution in [2.45, 2.75) is 13.5 Å². The van der Waals surface area contributed by atoms with Crippen LogP contribution in [0.5, 0.6) is 0 Å². The van der Waals surface area contributed by atoms with Crippen LogP contribution in [0.2, 0.25) is 10.0 Å². The average molecular weight is 438 g/mol. The minimum Gasteiger partial charge on any atom is -0.346 e. The molecule has 1 atom stereocenters. The molecule has 5 heteroatoms. The molecule has 0 amide bonds. The first-order valence-corrected chi connectivity index (χ1v) is 10.8. The number of aromatic nitrogens is 2. The number of hydrogen-bond donors (Lipinski definition) is 0. The lowest BCUT2D eigenvalue weighted by Crippen LogP contribution is -2.22. The summed E-state index contributed by atoms with van der Waals surface area (Å²) in [7, 11) is 4.22. The molecule has 0 radical (unpaired) electrons. The van der Waals surface area contributed by atoms with E-state index < -0.39 is 0 Å². The molecule has 0 spiro atoms. The minimum atomic E-state index is 0.515. The number of hydrogen-bond acceptors (Lipinski definition) is 2. The SMILES string of the molecule is CC(CN(C)C)Cn1cc(-c2cncc(-c3ccc(Cl)cc3)c2)c2ccc(Cl)cc21. The first-order valence-electron chi connectivity index (χ1n) is 10.0. The topological polar surface area (TPSA) is 21.1 Å². The van der Waals surface area contributed by atoms with Crippen molar-refractivity contribution >= 4 is 34.1 Å². The summed E-state index contributed by atoms with van der Waals surface area (Å²) in [5, 5.41) is 2.67. The van der Waals surface area contributed by atoms with Crippen molar-refractivity contribution in [3.63, 3.8) is 0 Å². The molecular formula is C25H25Cl2N3. The highest BCUT2D eigenvalue weighted by Gasteiger charge is 2.14. The Labute approximate surface area is 187 Å². The summed E-state index contributed by atoms with van der Waals surface area (Å²) in [6.07, 6.45) is 6.05. The van der Waals surface area contributed by atoms with E-state index in [-0.39, 0.29) is 0 Å². The highest BCUT2D eigenvalue weighted by atomic mass is 35.5. The second kappa shape index (κ2) is 8.81. The van der Waals surface area contributed by atoms with E-state index in [1.165, 1.54) is 10.9 Å². The van der Waals surface area contributed by atoms with Crippen molar-refractivity contribution in [1.29, 1.82) is 0 Å². The van der Waals surface area contributed by atoms with Crippen LogP contribution in [0.4, 0.5) is 0 Å². The van der Waals surface area contributed by atoms with E-state index in [2.05, 4.69) is 59.9 Å². The smallest absolute Gasteiger partial charge is 0.0501 e.